The van der Waals surface area contributed by atoms with Crippen LogP contribution < -0.4 is 5.32 Å². The fourth-order valence-corrected chi connectivity index (χ4v) is 1.80. The van der Waals surface area contributed by atoms with Gasteiger partial charge in [0.05, 0.1) is 0 Å². The fraction of sp³-hybridized carbons (Fsp3) is 0.800. The van der Waals surface area contributed by atoms with Crippen LogP contribution in [0.25, 0.3) is 0 Å². The maximum absolute atomic E-state index is 11.6. The summed E-state index contributed by atoms with van der Waals surface area (Å²) in [4.78, 5) is 13.3. The van der Waals surface area contributed by atoms with E-state index in [4.69, 9.17) is 10.1 Å². The molecule has 0 aromatic heterocycles. The van der Waals surface area contributed by atoms with E-state index in [2.05, 4.69) is 5.32 Å². The molecule has 1 aliphatic rings. The molecule has 0 aromatic rings. The molecule has 0 aromatic carbocycles. The third kappa shape index (κ3) is 2.12. The number of carbonyl (C=O) groups is 1. The maximum Gasteiger partial charge on any atom is 0.323 e. The maximum atomic E-state index is 11.6. The molecule has 1 aliphatic heterocycles. The van der Waals surface area contributed by atoms with Gasteiger partial charge >= 0.3 is 6.03 Å². The third-order valence-electron chi connectivity index (χ3n) is 2.85. The van der Waals surface area contributed by atoms with Gasteiger partial charge in [-0.1, -0.05) is 6.92 Å². The summed E-state index contributed by atoms with van der Waals surface area (Å²) in [6, 6.07) is -0.166. The number of methoxy groups -OCH3 is 1. The molecule has 1 fully saturated rings. The van der Waals surface area contributed by atoms with E-state index >= 15 is 0 Å². The average molecular weight is 213 g/mol. The van der Waals surface area contributed by atoms with E-state index < -0.39 is 5.54 Å². The van der Waals surface area contributed by atoms with Gasteiger partial charge in [0, 0.05) is 26.7 Å². The van der Waals surface area contributed by atoms with Crippen LogP contribution in [-0.2, 0) is 4.74 Å². The highest BCUT2D eigenvalue weighted by Crippen LogP contribution is 2.25. The monoisotopic (exact) mass is 213 g/mol. The van der Waals surface area contributed by atoms with Crippen molar-refractivity contribution in [3.8, 4) is 0 Å². The van der Waals surface area contributed by atoms with Gasteiger partial charge in [0.25, 0.3) is 0 Å². The number of rotatable bonds is 5. The van der Waals surface area contributed by atoms with Crippen molar-refractivity contribution in [2.24, 2.45) is 0 Å². The van der Waals surface area contributed by atoms with Gasteiger partial charge in [-0.15, -0.1) is 0 Å². The number of amidine groups is 1. The summed E-state index contributed by atoms with van der Waals surface area (Å²) in [5.41, 5.74) is -0.525. The summed E-state index contributed by atoms with van der Waals surface area (Å²) >= 11 is 0. The van der Waals surface area contributed by atoms with E-state index in [9.17, 15) is 4.79 Å². The second kappa shape index (κ2) is 4.61. The van der Waals surface area contributed by atoms with Crippen LogP contribution in [0.15, 0.2) is 0 Å². The van der Waals surface area contributed by atoms with E-state index in [0.717, 1.165) is 6.42 Å². The van der Waals surface area contributed by atoms with E-state index in [0.29, 0.717) is 19.6 Å². The molecule has 0 spiro atoms. The van der Waals surface area contributed by atoms with Crippen LogP contribution in [0.1, 0.15) is 26.7 Å². The molecule has 2 N–H and O–H groups in total. The predicted molar refractivity (Wildman–Crippen MR) is 58.2 cm³/mol. The van der Waals surface area contributed by atoms with Crippen LogP contribution in [0.3, 0.4) is 0 Å². The van der Waals surface area contributed by atoms with Crippen LogP contribution in [0.4, 0.5) is 4.79 Å². The zero-order valence-corrected chi connectivity index (χ0v) is 9.59. The summed E-state index contributed by atoms with van der Waals surface area (Å²) in [5, 5.41) is 10.4. The molecular formula is C10H19N3O2. The molecule has 0 radical (unpaired) electrons. The Morgan fingerprint density at radius 2 is 2.27 bits per heavy atom. The molecule has 1 unspecified atom stereocenters. The normalized spacial score (nSPS) is 25.9. The Hall–Kier alpha value is -1.10. The summed E-state index contributed by atoms with van der Waals surface area (Å²) < 4.78 is 5.02. The van der Waals surface area contributed by atoms with Crippen LogP contribution >= 0.6 is 0 Å². The molecule has 0 saturated carbocycles. The van der Waals surface area contributed by atoms with Gasteiger partial charge in [-0.05, 0) is 13.3 Å². The van der Waals surface area contributed by atoms with Crippen molar-refractivity contribution in [3.63, 3.8) is 0 Å². The lowest BCUT2D eigenvalue weighted by Gasteiger charge is -2.32. The first kappa shape index (κ1) is 12.0. The fourth-order valence-electron chi connectivity index (χ4n) is 1.80. The van der Waals surface area contributed by atoms with Crippen LogP contribution in [0.5, 0.6) is 0 Å². The Bertz CT molecular complexity index is 267. The molecule has 0 bridgehead atoms. The van der Waals surface area contributed by atoms with E-state index in [1.165, 1.54) is 0 Å². The second-order valence-corrected chi connectivity index (χ2v) is 3.97. The first-order valence-corrected chi connectivity index (χ1v) is 5.23. The average Bonchev–Trinajstić information content (AvgIpc) is 2.40. The lowest BCUT2D eigenvalue weighted by atomic mass is 9.96. The molecule has 1 heterocycles. The van der Waals surface area contributed by atoms with Gasteiger partial charge in [-0.3, -0.25) is 10.7 Å². The van der Waals surface area contributed by atoms with Crippen molar-refractivity contribution in [1.29, 1.82) is 5.41 Å². The summed E-state index contributed by atoms with van der Waals surface area (Å²) in [6.45, 7) is 5.15. The highest BCUT2D eigenvalue weighted by molar-refractivity contribution is 6.08. The largest absolute Gasteiger partial charge is 0.385 e. The van der Waals surface area contributed by atoms with Crippen molar-refractivity contribution in [1.82, 2.24) is 10.2 Å². The smallest absolute Gasteiger partial charge is 0.323 e. The first-order valence-electron chi connectivity index (χ1n) is 5.23. The lowest BCUT2D eigenvalue weighted by molar-refractivity contribution is 0.133. The quantitative estimate of drug-likeness (QED) is 0.720. The number of hydrogen-bond acceptors (Lipinski definition) is 3. The van der Waals surface area contributed by atoms with E-state index in [1.807, 2.05) is 13.8 Å². The second-order valence-electron chi connectivity index (χ2n) is 3.97. The lowest BCUT2D eigenvalue weighted by Crippen LogP contribution is -2.47. The van der Waals surface area contributed by atoms with Gasteiger partial charge in [0.2, 0.25) is 0 Å². The van der Waals surface area contributed by atoms with Crippen LogP contribution in [0.2, 0.25) is 0 Å². The Balaban J connectivity index is 2.80. The minimum absolute atomic E-state index is 0.166. The number of amides is 2. The Morgan fingerprint density at radius 1 is 1.60 bits per heavy atom. The number of ether oxygens (including phenoxy) is 1. The topological polar surface area (TPSA) is 65.4 Å². The minimum Gasteiger partial charge on any atom is -0.385 e. The number of nitrogens with one attached hydrogen (secondary N) is 2. The van der Waals surface area contributed by atoms with Crippen molar-refractivity contribution >= 4 is 11.9 Å². The number of nitrogens with zero attached hydrogens (tertiary/aromatic N) is 1. The van der Waals surface area contributed by atoms with Gasteiger partial charge in [0.1, 0.15) is 11.4 Å². The molecule has 1 rings (SSSR count). The highest BCUT2D eigenvalue weighted by Gasteiger charge is 2.45. The first-order chi connectivity index (χ1) is 7.06. The number of urea groups is 1. The molecule has 1 atom stereocenters. The van der Waals surface area contributed by atoms with Crippen molar-refractivity contribution in [2.45, 2.75) is 32.2 Å². The van der Waals surface area contributed by atoms with E-state index in [-0.39, 0.29) is 11.9 Å². The standard InChI is InChI=1S/C10H19N3O2/c1-4-6-13-9(14)12-8(11)10(13,2)5-7-15-3/h4-7H2,1-3H3,(H2,11,12,14). The number of hydrogen-bond donors (Lipinski definition) is 2. The summed E-state index contributed by atoms with van der Waals surface area (Å²) in [6.07, 6.45) is 1.55. The van der Waals surface area contributed by atoms with Crippen molar-refractivity contribution in [2.75, 3.05) is 20.3 Å². The van der Waals surface area contributed by atoms with Crippen LogP contribution in [-0.4, -0.2) is 42.6 Å². The Kier molecular flexibility index (Phi) is 3.68. The Labute approximate surface area is 90.3 Å². The molecule has 15 heavy (non-hydrogen) atoms. The minimum atomic E-state index is -0.525. The van der Waals surface area contributed by atoms with Crippen molar-refractivity contribution < 1.29 is 9.53 Å². The highest BCUT2D eigenvalue weighted by atomic mass is 16.5. The molecule has 1 saturated heterocycles. The van der Waals surface area contributed by atoms with Gasteiger partial charge in [0.15, 0.2) is 0 Å². The zero-order chi connectivity index (χ0) is 11.5. The molecule has 5 nitrogen and oxygen atoms in total. The molecular weight excluding hydrogens is 194 g/mol. The predicted octanol–water partition coefficient (Wildman–Crippen LogP) is 1.19. The van der Waals surface area contributed by atoms with Gasteiger partial charge in [-0.25, -0.2) is 4.79 Å². The SMILES string of the molecule is CCCN1C(=O)NC(=N)C1(C)CCOC. The summed E-state index contributed by atoms with van der Waals surface area (Å²) in [5.74, 6) is 0.276. The molecule has 0 aliphatic carbocycles. The van der Waals surface area contributed by atoms with Gasteiger partial charge < -0.3 is 9.64 Å². The van der Waals surface area contributed by atoms with Crippen molar-refractivity contribution in [3.05, 3.63) is 0 Å². The summed E-state index contributed by atoms with van der Waals surface area (Å²) in [7, 11) is 1.63. The zero-order valence-electron chi connectivity index (χ0n) is 9.59. The van der Waals surface area contributed by atoms with E-state index in [1.54, 1.807) is 12.0 Å². The number of carbonyl (C=O) groups excluding carboxylic acids is 1. The molecule has 5 heteroatoms. The third-order valence-corrected chi connectivity index (χ3v) is 2.85. The van der Waals surface area contributed by atoms with Crippen LogP contribution in [0, 0.1) is 5.41 Å². The molecule has 86 valence electrons. The van der Waals surface area contributed by atoms with Gasteiger partial charge in [-0.2, -0.15) is 0 Å². The molecule has 2 amide bonds. The Morgan fingerprint density at radius 3 is 2.80 bits per heavy atom.